The number of halogens is 2. The number of hydrogen-bond donors (Lipinski definition) is 2. The average Bonchev–Trinajstić information content (AvgIpc) is 2.57. The number of nitrogens with two attached hydrogens (primary N) is 1. The molecule has 3 N–H and O–H groups in total. The zero-order valence-electron chi connectivity index (χ0n) is 13.4. The van der Waals surface area contributed by atoms with Gasteiger partial charge in [-0.2, -0.15) is 0 Å². The number of primary amides is 1. The molecular formula is C17H15F2N3O4. The molecule has 9 heteroatoms. The predicted octanol–water partition coefficient (Wildman–Crippen LogP) is 1.63. The SMILES string of the molecule is NC(=O)[C@H](Cc1ccc([N+](=O)[O-])cc1)NC(=O)Cc1ccc(F)cc1F. The van der Waals surface area contributed by atoms with Crippen LogP contribution in [0.15, 0.2) is 42.5 Å². The van der Waals surface area contributed by atoms with E-state index < -0.39 is 40.8 Å². The quantitative estimate of drug-likeness (QED) is 0.574. The zero-order chi connectivity index (χ0) is 19.3. The van der Waals surface area contributed by atoms with Gasteiger partial charge in [-0.25, -0.2) is 8.78 Å². The van der Waals surface area contributed by atoms with Crippen LogP contribution in [0, 0.1) is 21.7 Å². The largest absolute Gasteiger partial charge is 0.368 e. The molecular weight excluding hydrogens is 348 g/mol. The van der Waals surface area contributed by atoms with E-state index in [-0.39, 0.29) is 17.7 Å². The standard InChI is InChI=1S/C17H15F2N3O4/c18-12-4-3-11(14(19)9-12)8-16(23)21-15(17(20)24)7-10-1-5-13(6-2-10)22(25)26/h1-6,9,15H,7-8H2,(H2,20,24)(H,21,23)/t15-/m0/s1. The van der Waals surface area contributed by atoms with Crippen molar-refractivity contribution in [2.24, 2.45) is 5.73 Å². The summed E-state index contributed by atoms with van der Waals surface area (Å²) in [7, 11) is 0. The van der Waals surface area contributed by atoms with Gasteiger partial charge in [-0.05, 0) is 17.2 Å². The second kappa shape index (κ2) is 8.15. The van der Waals surface area contributed by atoms with Crippen LogP contribution in [0.3, 0.4) is 0 Å². The van der Waals surface area contributed by atoms with Crippen molar-refractivity contribution in [1.29, 1.82) is 0 Å². The molecule has 7 nitrogen and oxygen atoms in total. The molecule has 0 aliphatic carbocycles. The summed E-state index contributed by atoms with van der Waals surface area (Å²) in [5.74, 6) is -3.11. The number of nitro benzene ring substituents is 1. The maximum atomic E-state index is 13.6. The second-order valence-corrected chi connectivity index (χ2v) is 5.56. The summed E-state index contributed by atoms with van der Waals surface area (Å²) in [5, 5.41) is 13.0. The molecule has 0 saturated carbocycles. The van der Waals surface area contributed by atoms with Crippen molar-refractivity contribution in [3.8, 4) is 0 Å². The monoisotopic (exact) mass is 363 g/mol. The Hall–Kier alpha value is -3.36. The van der Waals surface area contributed by atoms with Crippen molar-refractivity contribution < 1.29 is 23.3 Å². The Kier molecular flexibility index (Phi) is 5.94. The van der Waals surface area contributed by atoms with Crippen LogP contribution in [0.4, 0.5) is 14.5 Å². The van der Waals surface area contributed by atoms with Crippen LogP contribution < -0.4 is 11.1 Å². The fourth-order valence-electron chi connectivity index (χ4n) is 2.30. The van der Waals surface area contributed by atoms with E-state index in [4.69, 9.17) is 5.73 Å². The highest BCUT2D eigenvalue weighted by Gasteiger charge is 2.20. The van der Waals surface area contributed by atoms with Gasteiger partial charge in [0.25, 0.3) is 5.69 Å². The van der Waals surface area contributed by atoms with Gasteiger partial charge in [0.2, 0.25) is 11.8 Å². The maximum absolute atomic E-state index is 13.6. The molecule has 2 aromatic rings. The molecule has 26 heavy (non-hydrogen) atoms. The lowest BCUT2D eigenvalue weighted by molar-refractivity contribution is -0.384. The number of rotatable bonds is 7. The molecule has 0 bridgehead atoms. The maximum Gasteiger partial charge on any atom is 0.269 e. The summed E-state index contributed by atoms with van der Waals surface area (Å²) >= 11 is 0. The predicted molar refractivity (Wildman–Crippen MR) is 88.0 cm³/mol. The fraction of sp³-hybridized carbons (Fsp3) is 0.176. The number of carbonyl (C=O) groups is 2. The lowest BCUT2D eigenvalue weighted by Gasteiger charge is -2.16. The molecule has 0 spiro atoms. The first-order valence-corrected chi connectivity index (χ1v) is 7.52. The van der Waals surface area contributed by atoms with Crippen molar-refractivity contribution in [3.05, 3.63) is 75.3 Å². The lowest BCUT2D eigenvalue weighted by atomic mass is 10.0. The average molecular weight is 363 g/mol. The molecule has 0 unspecified atom stereocenters. The van der Waals surface area contributed by atoms with Crippen LogP contribution in [0.2, 0.25) is 0 Å². The summed E-state index contributed by atoms with van der Waals surface area (Å²) in [6, 6.07) is 7.16. The minimum atomic E-state index is -1.08. The van der Waals surface area contributed by atoms with Gasteiger partial charge in [-0.15, -0.1) is 0 Å². The highest BCUT2D eigenvalue weighted by atomic mass is 19.1. The molecule has 0 saturated heterocycles. The Morgan fingerprint density at radius 1 is 1.15 bits per heavy atom. The molecule has 136 valence electrons. The third-order valence-corrected chi connectivity index (χ3v) is 3.63. The number of carbonyl (C=O) groups excluding carboxylic acids is 2. The van der Waals surface area contributed by atoms with E-state index >= 15 is 0 Å². The minimum Gasteiger partial charge on any atom is -0.368 e. The second-order valence-electron chi connectivity index (χ2n) is 5.56. The number of hydrogen-bond acceptors (Lipinski definition) is 4. The van der Waals surface area contributed by atoms with Gasteiger partial charge in [0, 0.05) is 24.6 Å². The highest BCUT2D eigenvalue weighted by Crippen LogP contribution is 2.14. The van der Waals surface area contributed by atoms with Crippen molar-refractivity contribution in [1.82, 2.24) is 5.32 Å². The summed E-state index contributed by atoms with van der Waals surface area (Å²) in [4.78, 5) is 33.7. The Bertz CT molecular complexity index is 840. The van der Waals surface area contributed by atoms with Crippen LogP contribution in [0.1, 0.15) is 11.1 Å². The normalized spacial score (nSPS) is 11.6. The first-order chi connectivity index (χ1) is 12.3. The van der Waals surface area contributed by atoms with Gasteiger partial charge in [-0.3, -0.25) is 19.7 Å². The molecule has 2 aromatic carbocycles. The smallest absolute Gasteiger partial charge is 0.269 e. The van der Waals surface area contributed by atoms with Crippen LogP contribution in [0.5, 0.6) is 0 Å². The van der Waals surface area contributed by atoms with Crippen LogP contribution in [0.25, 0.3) is 0 Å². The molecule has 2 amide bonds. The Morgan fingerprint density at radius 2 is 1.81 bits per heavy atom. The molecule has 2 rings (SSSR count). The fourth-order valence-corrected chi connectivity index (χ4v) is 2.30. The first kappa shape index (κ1) is 19.0. The third kappa shape index (κ3) is 5.07. The van der Waals surface area contributed by atoms with Gasteiger partial charge < -0.3 is 11.1 Å². The van der Waals surface area contributed by atoms with Crippen LogP contribution in [-0.4, -0.2) is 22.8 Å². The summed E-state index contributed by atoms with van der Waals surface area (Å²) in [6.07, 6.45) is -0.374. The topological polar surface area (TPSA) is 115 Å². The van der Waals surface area contributed by atoms with Gasteiger partial charge in [-0.1, -0.05) is 18.2 Å². The summed E-state index contributed by atoms with van der Waals surface area (Å²) in [6.45, 7) is 0. The van der Waals surface area contributed by atoms with Gasteiger partial charge in [0.15, 0.2) is 0 Å². The molecule has 0 radical (unpaired) electrons. The Balaban J connectivity index is 2.04. The van der Waals surface area contributed by atoms with E-state index in [1.165, 1.54) is 24.3 Å². The van der Waals surface area contributed by atoms with E-state index in [0.717, 1.165) is 12.1 Å². The van der Waals surface area contributed by atoms with Crippen LogP contribution in [-0.2, 0) is 22.4 Å². The molecule has 0 heterocycles. The van der Waals surface area contributed by atoms with Crippen molar-refractivity contribution in [2.75, 3.05) is 0 Å². The van der Waals surface area contributed by atoms with E-state index in [2.05, 4.69) is 5.32 Å². The third-order valence-electron chi connectivity index (χ3n) is 3.63. The van der Waals surface area contributed by atoms with E-state index in [0.29, 0.717) is 11.6 Å². The zero-order valence-corrected chi connectivity index (χ0v) is 13.4. The van der Waals surface area contributed by atoms with Gasteiger partial charge >= 0.3 is 0 Å². The van der Waals surface area contributed by atoms with E-state index in [9.17, 15) is 28.5 Å². The number of amides is 2. The van der Waals surface area contributed by atoms with Crippen molar-refractivity contribution in [3.63, 3.8) is 0 Å². The molecule has 1 atom stereocenters. The van der Waals surface area contributed by atoms with Gasteiger partial charge in [0.05, 0.1) is 11.3 Å². The van der Waals surface area contributed by atoms with Gasteiger partial charge in [0.1, 0.15) is 17.7 Å². The molecule has 0 aliphatic heterocycles. The number of nitrogens with one attached hydrogen (secondary N) is 1. The van der Waals surface area contributed by atoms with E-state index in [1.54, 1.807) is 0 Å². The lowest BCUT2D eigenvalue weighted by Crippen LogP contribution is -2.46. The molecule has 0 aromatic heterocycles. The minimum absolute atomic E-state index is 0.0188. The number of nitrogens with zero attached hydrogens (tertiary/aromatic N) is 1. The number of nitro groups is 1. The number of non-ortho nitro benzene ring substituents is 1. The Morgan fingerprint density at radius 3 is 2.35 bits per heavy atom. The van der Waals surface area contributed by atoms with Crippen LogP contribution >= 0.6 is 0 Å². The molecule has 0 fully saturated rings. The summed E-state index contributed by atoms with van der Waals surface area (Å²) < 4.78 is 26.5. The summed E-state index contributed by atoms with van der Waals surface area (Å²) in [5.41, 5.74) is 5.68. The van der Waals surface area contributed by atoms with Crippen molar-refractivity contribution >= 4 is 17.5 Å². The number of benzene rings is 2. The molecule has 0 aliphatic rings. The first-order valence-electron chi connectivity index (χ1n) is 7.52. The van der Waals surface area contributed by atoms with Crippen molar-refractivity contribution in [2.45, 2.75) is 18.9 Å². The highest BCUT2D eigenvalue weighted by molar-refractivity contribution is 5.87. The van der Waals surface area contributed by atoms with E-state index in [1.807, 2.05) is 0 Å². The Labute approximate surface area is 147 Å².